The Hall–Kier alpha value is -3.28. The summed E-state index contributed by atoms with van der Waals surface area (Å²) in [5.41, 5.74) is 3.88. The second-order valence-electron chi connectivity index (χ2n) is 7.07. The number of benzene rings is 1. The van der Waals surface area contributed by atoms with E-state index in [0.717, 1.165) is 23.3 Å². The molecule has 0 radical (unpaired) electrons. The molecule has 0 saturated heterocycles. The average Bonchev–Trinajstić information content (AvgIpc) is 3.07. The Kier molecular flexibility index (Phi) is 3.63. The smallest absolute Gasteiger partial charge is 0.226 e. The molecule has 27 heavy (non-hydrogen) atoms. The van der Waals surface area contributed by atoms with Crippen LogP contribution in [0, 0.1) is 6.92 Å². The molecule has 1 aliphatic heterocycles. The number of aromatic nitrogens is 4. The SMILES string of the molecule is Cc1nc2n(n1)[C@H](c1cccnc1)C1=C(C[C@@H](c3ccccc3)CC1=O)N2. The summed E-state index contributed by atoms with van der Waals surface area (Å²) in [7, 11) is 0. The minimum atomic E-state index is -0.282. The molecular weight excluding hydrogens is 338 g/mol. The molecule has 2 atom stereocenters. The topological polar surface area (TPSA) is 72.7 Å². The Morgan fingerprint density at radius 2 is 1.89 bits per heavy atom. The highest BCUT2D eigenvalue weighted by molar-refractivity contribution is 6.00. The lowest BCUT2D eigenvalue weighted by Gasteiger charge is -2.35. The molecule has 2 aromatic heterocycles. The third-order valence-electron chi connectivity index (χ3n) is 5.30. The van der Waals surface area contributed by atoms with E-state index in [-0.39, 0.29) is 17.7 Å². The first kappa shape index (κ1) is 15.9. The van der Waals surface area contributed by atoms with Gasteiger partial charge in [-0.25, -0.2) is 4.68 Å². The Bertz CT molecular complexity index is 1040. The molecule has 6 heteroatoms. The highest BCUT2D eigenvalue weighted by Crippen LogP contribution is 2.43. The van der Waals surface area contributed by atoms with E-state index in [9.17, 15) is 4.79 Å². The number of pyridine rings is 1. The summed E-state index contributed by atoms with van der Waals surface area (Å²) in [6.07, 6.45) is 4.83. The van der Waals surface area contributed by atoms with Crippen LogP contribution < -0.4 is 5.32 Å². The van der Waals surface area contributed by atoms with Crippen molar-refractivity contribution in [2.24, 2.45) is 0 Å². The number of hydrogen-bond donors (Lipinski definition) is 1. The highest BCUT2D eigenvalue weighted by atomic mass is 16.1. The summed E-state index contributed by atoms with van der Waals surface area (Å²) in [6.45, 7) is 1.86. The number of anilines is 1. The van der Waals surface area contributed by atoms with Gasteiger partial charge in [0, 0.05) is 30.1 Å². The van der Waals surface area contributed by atoms with Gasteiger partial charge in [-0.3, -0.25) is 9.78 Å². The first-order valence-corrected chi connectivity index (χ1v) is 9.12. The maximum absolute atomic E-state index is 13.2. The number of allylic oxidation sites excluding steroid dienone is 2. The maximum atomic E-state index is 13.2. The number of fused-ring (bicyclic) bond motifs is 1. The van der Waals surface area contributed by atoms with Gasteiger partial charge in [0.25, 0.3) is 0 Å². The van der Waals surface area contributed by atoms with Gasteiger partial charge in [-0.05, 0) is 36.5 Å². The minimum absolute atomic E-state index is 0.158. The van der Waals surface area contributed by atoms with Gasteiger partial charge in [-0.2, -0.15) is 10.1 Å². The first-order valence-electron chi connectivity index (χ1n) is 9.12. The lowest BCUT2D eigenvalue weighted by molar-refractivity contribution is -0.116. The van der Waals surface area contributed by atoms with Crippen LogP contribution in [0.4, 0.5) is 5.95 Å². The molecule has 3 aromatic rings. The summed E-state index contributed by atoms with van der Waals surface area (Å²) < 4.78 is 1.81. The van der Waals surface area contributed by atoms with Gasteiger partial charge in [0.1, 0.15) is 11.9 Å². The van der Waals surface area contributed by atoms with E-state index in [1.165, 1.54) is 5.56 Å². The number of nitrogens with zero attached hydrogens (tertiary/aromatic N) is 4. The second kappa shape index (κ2) is 6.16. The zero-order chi connectivity index (χ0) is 18.4. The number of aryl methyl sites for hydroxylation is 1. The van der Waals surface area contributed by atoms with Crippen LogP contribution in [0.15, 0.2) is 66.1 Å². The van der Waals surface area contributed by atoms with E-state index in [2.05, 4.69) is 32.5 Å². The summed E-state index contributed by atoms with van der Waals surface area (Å²) in [5, 5.41) is 7.92. The lowest BCUT2D eigenvalue weighted by atomic mass is 9.78. The predicted molar refractivity (Wildman–Crippen MR) is 101 cm³/mol. The Balaban J connectivity index is 1.62. The number of carbonyl (C=O) groups is 1. The molecule has 1 N–H and O–H groups in total. The van der Waals surface area contributed by atoms with Crippen molar-refractivity contribution >= 4 is 11.7 Å². The molecule has 0 unspecified atom stereocenters. The Morgan fingerprint density at radius 1 is 1.07 bits per heavy atom. The van der Waals surface area contributed by atoms with Crippen LogP contribution in [0.3, 0.4) is 0 Å². The van der Waals surface area contributed by atoms with Crippen LogP contribution in [-0.4, -0.2) is 25.5 Å². The third kappa shape index (κ3) is 2.65. The monoisotopic (exact) mass is 357 g/mol. The largest absolute Gasteiger partial charge is 0.328 e. The zero-order valence-electron chi connectivity index (χ0n) is 15.0. The van der Waals surface area contributed by atoms with Crippen molar-refractivity contribution in [3.8, 4) is 0 Å². The van der Waals surface area contributed by atoms with E-state index < -0.39 is 0 Å². The molecule has 1 aliphatic carbocycles. The molecule has 3 heterocycles. The van der Waals surface area contributed by atoms with Crippen molar-refractivity contribution in [1.29, 1.82) is 0 Å². The van der Waals surface area contributed by atoms with Crippen LogP contribution in [0.25, 0.3) is 0 Å². The fraction of sp³-hybridized carbons (Fsp3) is 0.238. The van der Waals surface area contributed by atoms with Gasteiger partial charge in [0.2, 0.25) is 5.95 Å². The summed E-state index contributed by atoms with van der Waals surface area (Å²) in [6, 6.07) is 13.8. The maximum Gasteiger partial charge on any atom is 0.226 e. The standard InChI is InChI=1S/C21H19N5O/c1-13-23-21-24-17-10-16(14-6-3-2-4-7-14)11-18(27)19(17)20(26(21)25-13)15-8-5-9-22-12-15/h2-9,12,16,20H,10-11H2,1H3,(H,23,24,25)/t16-,20-/m1/s1. The van der Waals surface area contributed by atoms with Crippen LogP contribution in [0.5, 0.6) is 0 Å². The minimum Gasteiger partial charge on any atom is -0.328 e. The van der Waals surface area contributed by atoms with Crippen LogP contribution in [0.1, 0.15) is 41.8 Å². The number of nitrogens with one attached hydrogen (secondary N) is 1. The van der Waals surface area contributed by atoms with E-state index in [4.69, 9.17) is 0 Å². The van der Waals surface area contributed by atoms with Crippen LogP contribution in [-0.2, 0) is 4.79 Å². The number of hydrogen-bond acceptors (Lipinski definition) is 5. The predicted octanol–water partition coefficient (Wildman–Crippen LogP) is 3.40. The van der Waals surface area contributed by atoms with Gasteiger partial charge in [-0.15, -0.1) is 0 Å². The van der Waals surface area contributed by atoms with Gasteiger partial charge in [0.05, 0.1) is 0 Å². The molecular formula is C21H19N5O. The van der Waals surface area contributed by atoms with Gasteiger partial charge in [0.15, 0.2) is 5.78 Å². The number of ketones is 1. The zero-order valence-corrected chi connectivity index (χ0v) is 15.0. The van der Waals surface area contributed by atoms with E-state index >= 15 is 0 Å². The summed E-state index contributed by atoms with van der Waals surface area (Å²) >= 11 is 0. The number of rotatable bonds is 2. The first-order chi connectivity index (χ1) is 13.2. The van der Waals surface area contributed by atoms with Gasteiger partial charge < -0.3 is 5.32 Å². The van der Waals surface area contributed by atoms with Crippen molar-refractivity contribution in [1.82, 2.24) is 19.7 Å². The molecule has 2 aliphatic rings. The van der Waals surface area contributed by atoms with E-state index in [0.29, 0.717) is 18.2 Å². The lowest BCUT2D eigenvalue weighted by Crippen LogP contribution is -2.33. The number of carbonyl (C=O) groups excluding carboxylic acids is 1. The molecule has 1 aromatic carbocycles. The Morgan fingerprint density at radius 3 is 2.67 bits per heavy atom. The molecule has 0 bridgehead atoms. The van der Waals surface area contributed by atoms with Crippen LogP contribution in [0.2, 0.25) is 0 Å². The van der Waals surface area contributed by atoms with Crippen LogP contribution >= 0.6 is 0 Å². The fourth-order valence-corrected chi connectivity index (χ4v) is 4.13. The second-order valence-corrected chi connectivity index (χ2v) is 7.07. The van der Waals surface area contributed by atoms with Crippen molar-refractivity contribution in [2.45, 2.75) is 31.7 Å². The molecule has 5 rings (SSSR count). The van der Waals surface area contributed by atoms with Gasteiger partial charge in [-0.1, -0.05) is 36.4 Å². The summed E-state index contributed by atoms with van der Waals surface area (Å²) in [4.78, 5) is 22.0. The molecule has 134 valence electrons. The van der Waals surface area contributed by atoms with Crippen molar-refractivity contribution < 1.29 is 4.79 Å². The van der Waals surface area contributed by atoms with E-state index in [1.54, 1.807) is 12.4 Å². The third-order valence-corrected chi connectivity index (χ3v) is 5.30. The molecule has 0 saturated carbocycles. The number of Topliss-reactive ketones (excluding diaryl/α,β-unsaturated/α-hetero) is 1. The van der Waals surface area contributed by atoms with Gasteiger partial charge >= 0.3 is 0 Å². The highest BCUT2D eigenvalue weighted by Gasteiger charge is 2.39. The summed E-state index contributed by atoms with van der Waals surface area (Å²) in [5.74, 6) is 1.69. The van der Waals surface area contributed by atoms with Crippen molar-refractivity contribution in [2.75, 3.05) is 5.32 Å². The molecule has 0 fully saturated rings. The van der Waals surface area contributed by atoms with E-state index in [1.807, 2.05) is 41.9 Å². The normalized spacial score (nSPS) is 21.4. The Labute approximate surface area is 157 Å². The molecule has 6 nitrogen and oxygen atoms in total. The quantitative estimate of drug-likeness (QED) is 0.761. The molecule has 0 spiro atoms. The average molecular weight is 357 g/mol. The van der Waals surface area contributed by atoms with Crippen molar-refractivity contribution in [3.63, 3.8) is 0 Å². The van der Waals surface area contributed by atoms with Crippen molar-refractivity contribution in [3.05, 3.63) is 83.1 Å². The fourth-order valence-electron chi connectivity index (χ4n) is 4.13. The molecule has 0 amide bonds.